The number of amides is 1. The number of alkyl halides is 3. The third kappa shape index (κ3) is 5.80. The lowest BCUT2D eigenvalue weighted by Gasteiger charge is -2.33. The van der Waals surface area contributed by atoms with Crippen LogP contribution in [0.2, 0.25) is 4.34 Å². The number of thiophene rings is 1. The standard InChI is InChI=1S/C27H28ClFI2N4OS/c1-3-35-15-22(26(32-35)27(29,30)31)19-9-5-4-8-18(19)21-14-34(16-23-20(21)13-24(28)37-23)25(36)11-10-17-7-6-12-33(17)2/h4-5,8-11,13,15,17,21H,3,6-7,12,14,16H2,1-2H3/b11-10+/t17?,21-/m0/s1. The van der Waals surface area contributed by atoms with Crippen LogP contribution >= 0.6 is 68.1 Å². The first-order valence-corrected chi connectivity index (χ1v) is 15.7. The van der Waals surface area contributed by atoms with Crippen molar-refractivity contribution in [2.24, 2.45) is 0 Å². The maximum absolute atomic E-state index is 15.3. The molecule has 0 N–H and O–H groups in total. The van der Waals surface area contributed by atoms with E-state index in [-0.39, 0.29) is 11.8 Å². The van der Waals surface area contributed by atoms with Crippen LogP contribution in [-0.4, -0.2) is 51.7 Å². The molecule has 2 aliphatic heterocycles. The topological polar surface area (TPSA) is 41.4 Å². The lowest BCUT2D eigenvalue weighted by atomic mass is 9.84. The molecule has 2 atom stereocenters. The predicted octanol–water partition coefficient (Wildman–Crippen LogP) is 7.36. The molecule has 0 aliphatic carbocycles. The monoisotopic (exact) mass is 764 g/mol. The summed E-state index contributed by atoms with van der Waals surface area (Å²) in [6, 6.07) is 10.4. The molecule has 1 unspecified atom stereocenters. The number of hydrogen-bond donors (Lipinski definition) is 0. The molecule has 2 aromatic heterocycles. The lowest BCUT2D eigenvalue weighted by molar-refractivity contribution is -0.127. The normalized spacial score (nSPS) is 20.6. The molecule has 196 valence electrons. The van der Waals surface area contributed by atoms with Gasteiger partial charge in [0.2, 0.25) is 5.91 Å². The molecule has 2 aliphatic rings. The molecule has 5 nitrogen and oxygen atoms in total. The summed E-state index contributed by atoms with van der Waals surface area (Å²) in [5.41, 5.74) is 4.30. The summed E-state index contributed by atoms with van der Waals surface area (Å²) >= 11 is 11.6. The first-order valence-electron chi connectivity index (χ1n) is 12.3. The number of benzene rings is 1. The second-order valence-electron chi connectivity index (χ2n) is 9.58. The van der Waals surface area contributed by atoms with E-state index in [1.54, 1.807) is 55.9 Å². The number of carbonyl (C=O) groups excluding carboxylic acids is 1. The van der Waals surface area contributed by atoms with Crippen LogP contribution in [0.3, 0.4) is 0 Å². The lowest BCUT2D eigenvalue weighted by Crippen LogP contribution is -2.37. The van der Waals surface area contributed by atoms with Crippen molar-refractivity contribution in [2.75, 3.05) is 20.1 Å². The Morgan fingerprint density at radius 2 is 2.08 bits per heavy atom. The number of aryl methyl sites for hydroxylation is 1. The van der Waals surface area contributed by atoms with E-state index < -0.39 is 1.68 Å². The molecule has 0 radical (unpaired) electrons. The number of fused-ring (bicyclic) bond motifs is 1. The van der Waals surface area contributed by atoms with Gasteiger partial charge >= 0.3 is 0 Å². The summed E-state index contributed by atoms with van der Waals surface area (Å²) in [4.78, 5) is 18.7. The summed E-state index contributed by atoms with van der Waals surface area (Å²) in [6.07, 6.45) is 7.95. The van der Waals surface area contributed by atoms with Crippen LogP contribution in [0.1, 0.15) is 47.4 Å². The van der Waals surface area contributed by atoms with Gasteiger partial charge in [0.05, 0.1) is 10.9 Å². The van der Waals surface area contributed by atoms with Gasteiger partial charge < -0.3 is 4.90 Å². The summed E-state index contributed by atoms with van der Waals surface area (Å²) in [7, 11) is 2.10. The van der Waals surface area contributed by atoms with E-state index in [0.717, 1.165) is 46.5 Å². The molecule has 0 saturated carbocycles. The van der Waals surface area contributed by atoms with E-state index in [9.17, 15) is 4.79 Å². The van der Waals surface area contributed by atoms with Gasteiger partial charge in [0.15, 0.2) is 0 Å². The van der Waals surface area contributed by atoms with Crippen LogP contribution in [0.25, 0.3) is 11.1 Å². The van der Waals surface area contributed by atoms with Crippen molar-refractivity contribution in [1.82, 2.24) is 19.6 Å². The van der Waals surface area contributed by atoms with Crippen molar-refractivity contribution in [3.05, 3.63) is 74.7 Å². The van der Waals surface area contributed by atoms with E-state index in [4.69, 9.17) is 11.6 Å². The van der Waals surface area contributed by atoms with Crippen molar-refractivity contribution in [1.29, 1.82) is 0 Å². The van der Waals surface area contributed by atoms with Gasteiger partial charge in [-0.05, 0) is 101 Å². The second-order valence-corrected chi connectivity index (χ2v) is 16.4. The van der Waals surface area contributed by atoms with Gasteiger partial charge in [-0.25, -0.2) is 4.39 Å². The minimum absolute atomic E-state index is 0.0137. The summed E-state index contributed by atoms with van der Waals surface area (Å²) in [6.45, 7) is 4.79. The van der Waals surface area contributed by atoms with Crippen LogP contribution in [0.5, 0.6) is 0 Å². The number of halogens is 4. The molecule has 0 spiro atoms. The highest BCUT2D eigenvalue weighted by Crippen LogP contribution is 2.47. The second kappa shape index (κ2) is 11.2. The number of likely N-dealkylation sites (N-methyl/N-ethyl adjacent to an activating group) is 1. The molecule has 4 heterocycles. The Morgan fingerprint density at radius 3 is 2.78 bits per heavy atom. The SMILES string of the molecule is CCn1cc(-c2ccccc2[C@@H]2CN(C(=O)/C=C/C3CCCN3C)Cc3sc(Cl)cc32)c(C(F)(I)I)n1. The van der Waals surface area contributed by atoms with Crippen LogP contribution in [-0.2, 0) is 19.6 Å². The van der Waals surface area contributed by atoms with E-state index in [1.807, 2.05) is 48.4 Å². The predicted molar refractivity (Wildman–Crippen MR) is 166 cm³/mol. The number of rotatable bonds is 6. The summed E-state index contributed by atoms with van der Waals surface area (Å²) in [5.74, 6) is -0.0646. The van der Waals surface area contributed by atoms with Crippen molar-refractivity contribution in [3.8, 4) is 11.1 Å². The van der Waals surface area contributed by atoms with Gasteiger partial charge in [0.1, 0.15) is 5.69 Å². The largest absolute Gasteiger partial charge is 0.333 e. The molecule has 3 aromatic rings. The average Bonchev–Trinajstić information content (AvgIpc) is 3.58. The molecule has 1 amide bonds. The molecule has 1 fully saturated rings. The maximum atomic E-state index is 15.3. The zero-order valence-electron chi connectivity index (χ0n) is 20.6. The molecule has 1 saturated heterocycles. The van der Waals surface area contributed by atoms with E-state index in [1.165, 1.54) is 11.3 Å². The van der Waals surface area contributed by atoms with Crippen LogP contribution in [0.15, 0.2) is 48.7 Å². The fourth-order valence-electron chi connectivity index (χ4n) is 5.33. The Bertz CT molecular complexity index is 1330. The van der Waals surface area contributed by atoms with E-state index >= 15 is 4.39 Å². The molecule has 10 heteroatoms. The van der Waals surface area contributed by atoms with Gasteiger partial charge in [-0.15, -0.1) is 11.3 Å². The van der Waals surface area contributed by atoms with E-state index in [2.05, 4.69) is 23.1 Å². The zero-order valence-corrected chi connectivity index (χ0v) is 26.5. The van der Waals surface area contributed by atoms with Crippen LogP contribution in [0.4, 0.5) is 4.39 Å². The van der Waals surface area contributed by atoms with Gasteiger partial charge in [-0.2, -0.15) is 5.10 Å². The third-order valence-corrected chi connectivity index (χ3v) is 9.54. The van der Waals surface area contributed by atoms with Gasteiger partial charge in [0.25, 0.3) is 1.68 Å². The minimum atomic E-state index is -1.65. The number of hydrogen-bond acceptors (Lipinski definition) is 4. The van der Waals surface area contributed by atoms with Gasteiger partial charge in [0, 0.05) is 47.8 Å². The first-order chi connectivity index (χ1) is 17.7. The summed E-state index contributed by atoms with van der Waals surface area (Å²) < 4.78 is 16.1. The van der Waals surface area contributed by atoms with Crippen molar-refractivity contribution < 1.29 is 9.18 Å². The van der Waals surface area contributed by atoms with Crippen LogP contribution in [0, 0.1) is 0 Å². The van der Waals surface area contributed by atoms with Gasteiger partial charge in [-0.3, -0.25) is 14.4 Å². The molecular formula is C27H28ClFI2N4OS. The number of carbonyl (C=O) groups is 1. The highest BCUT2D eigenvalue weighted by atomic mass is 127. The van der Waals surface area contributed by atoms with E-state index in [0.29, 0.717) is 35.7 Å². The minimum Gasteiger partial charge on any atom is -0.333 e. The molecular weight excluding hydrogens is 737 g/mol. The van der Waals surface area contributed by atoms with Crippen molar-refractivity contribution in [3.63, 3.8) is 0 Å². The molecule has 0 bridgehead atoms. The number of aromatic nitrogens is 2. The molecule has 1 aromatic carbocycles. The van der Waals surface area contributed by atoms with Crippen molar-refractivity contribution in [2.45, 2.75) is 46.5 Å². The Balaban J connectivity index is 1.54. The Labute approximate surface area is 253 Å². The number of likely N-dealkylation sites (tertiary alicyclic amines) is 1. The molecule has 37 heavy (non-hydrogen) atoms. The van der Waals surface area contributed by atoms with Crippen LogP contribution < -0.4 is 0 Å². The van der Waals surface area contributed by atoms with Gasteiger partial charge in [-0.1, -0.05) is 41.9 Å². The first kappa shape index (κ1) is 27.5. The smallest absolute Gasteiger partial charge is 0.254 e. The Morgan fingerprint density at radius 1 is 1.30 bits per heavy atom. The highest BCUT2D eigenvalue weighted by molar-refractivity contribution is 14.2. The fourth-order valence-corrected chi connectivity index (χ4v) is 7.49. The quantitative estimate of drug-likeness (QED) is 0.150. The zero-order chi connectivity index (χ0) is 26.3. The Hall–Kier alpha value is -1.02. The fraction of sp³-hybridized carbons (Fsp3) is 0.407. The Kier molecular flexibility index (Phi) is 8.36. The summed E-state index contributed by atoms with van der Waals surface area (Å²) in [5, 5.41) is 4.55. The van der Waals surface area contributed by atoms with Crippen molar-refractivity contribution >= 4 is 74.0 Å². The number of nitrogens with zero attached hydrogens (tertiary/aromatic N) is 4. The highest BCUT2D eigenvalue weighted by Gasteiger charge is 2.35. The third-order valence-electron chi connectivity index (χ3n) is 7.25. The average molecular weight is 765 g/mol. The molecule has 5 rings (SSSR count). The maximum Gasteiger partial charge on any atom is 0.254 e.